The van der Waals surface area contributed by atoms with E-state index >= 15 is 0 Å². The molecule has 0 saturated carbocycles. The first-order valence-corrected chi connectivity index (χ1v) is 6.21. The van der Waals surface area contributed by atoms with E-state index in [0.29, 0.717) is 11.0 Å². The lowest BCUT2D eigenvalue weighted by molar-refractivity contribution is 0.421. The van der Waals surface area contributed by atoms with E-state index in [9.17, 15) is 5.11 Å². The molecule has 2 rings (SSSR count). The predicted molar refractivity (Wildman–Crippen MR) is 69.8 cm³/mol. The van der Waals surface area contributed by atoms with E-state index in [1.165, 1.54) is 0 Å². The molecule has 2 N–H and O–H groups in total. The SMILES string of the molecule is C[C@H](NCc1cccc(Br)c1O)c1ccco1. The lowest BCUT2D eigenvalue weighted by atomic mass is 10.2. The molecule has 0 aliphatic heterocycles. The zero-order valence-corrected chi connectivity index (χ0v) is 11.1. The quantitative estimate of drug-likeness (QED) is 0.906. The molecule has 1 aromatic heterocycles. The Hall–Kier alpha value is -1.26. The Morgan fingerprint density at radius 2 is 2.18 bits per heavy atom. The topological polar surface area (TPSA) is 45.4 Å². The van der Waals surface area contributed by atoms with E-state index in [1.807, 2.05) is 37.3 Å². The number of para-hydroxylation sites is 1. The lowest BCUT2D eigenvalue weighted by Crippen LogP contribution is -2.17. The number of halogens is 1. The minimum absolute atomic E-state index is 0.114. The van der Waals surface area contributed by atoms with Crippen LogP contribution < -0.4 is 5.32 Å². The highest BCUT2D eigenvalue weighted by molar-refractivity contribution is 9.10. The molecule has 0 aliphatic carbocycles. The molecule has 0 unspecified atom stereocenters. The van der Waals surface area contributed by atoms with E-state index in [-0.39, 0.29) is 11.8 Å². The van der Waals surface area contributed by atoms with Gasteiger partial charge < -0.3 is 14.8 Å². The van der Waals surface area contributed by atoms with Crippen LogP contribution in [-0.4, -0.2) is 5.11 Å². The molecule has 0 aliphatic rings. The van der Waals surface area contributed by atoms with Gasteiger partial charge >= 0.3 is 0 Å². The molecule has 1 atom stereocenters. The Morgan fingerprint density at radius 3 is 2.88 bits per heavy atom. The van der Waals surface area contributed by atoms with Gasteiger partial charge in [-0.15, -0.1) is 0 Å². The van der Waals surface area contributed by atoms with Crippen molar-refractivity contribution in [2.45, 2.75) is 19.5 Å². The molecular weight excluding hydrogens is 282 g/mol. The highest BCUT2D eigenvalue weighted by Gasteiger charge is 2.09. The van der Waals surface area contributed by atoms with E-state index in [1.54, 1.807) is 6.26 Å². The Bertz CT molecular complexity index is 482. The van der Waals surface area contributed by atoms with Crippen LogP contribution in [0.25, 0.3) is 0 Å². The Balaban J connectivity index is 2.00. The average Bonchev–Trinajstić information content (AvgIpc) is 2.84. The van der Waals surface area contributed by atoms with Gasteiger partial charge in [-0.1, -0.05) is 12.1 Å². The third-order valence-electron chi connectivity index (χ3n) is 2.64. The molecule has 4 heteroatoms. The second-order valence-corrected chi connectivity index (χ2v) is 4.72. The van der Waals surface area contributed by atoms with Crippen molar-refractivity contribution in [3.63, 3.8) is 0 Å². The van der Waals surface area contributed by atoms with Crippen LogP contribution in [0.2, 0.25) is 0 Å². The van der Waals surface area contributed by atoms with Crippen molar-refractivity contribution in [2.24, 2.45) is 0 Å². The van der Waals surface area contributed by atoms with Crippen molar-refractivity contribution in [1.82, 2.24) is 5.32 Å². The molecule has 0 bridgehead atoms. The van der Waals surface area contributed by atoms with Crippen molar-refractivity contribution in [1.29, 1.82) is 0 Å². The van der Waals surface area contributed by atoms with Gasteiger partial charge in [-0.25, -0.2) is 0 Å². The third kappa shape index (κ3) is 2.90. The minimum Gasteiger partial charge on any atom is -0.506 e. The fraction of sp³-hybridized carbons (Fsp3) is 0.231. The van der Waals surface area contributed by atoms with Crippen LogP contribution in [0.4, 0.5) is 0 Å². The maximum Gasteiger partial charge on any atom is 0.134 e. The van der Waals surface area contributed by atoms with Crippen LogP contribution in [-0.2, 0) is 6.54 Å². The number of hydrogen-bond donors (Lipinski definition) is 2. The number of hydrogen-bond acceptors (Lipinski definition) is 3. The number of nitrogens with one attached hydrogen (secondary N) is 1. The van der Waals surface area contributed by atoms with Gasteiger partial charge in [0.1, 0.15) is 11.5 Å². The van der Waals surface area contributed by atoms with E-state index in [0.717, 1.165) is 11.3 Å². The molecule has 1 aromatic carbocycles. The number of benzene rings is 1. The zero-order chi connectivity index (χ0) is 12.3. The number of aromatic hydroxyl groups is 1. The molecule has 2 aromatic rings. The van der Waals surface area contributed by atoms with E-state index in [4.69, 9.17) is 4.42 Å². The number of phenolic OH excluding ortho intramolecular Hbond substituents is 1. The summed E-state index contributed by atoms with van der Waals surface area (Å²) < 4.78 is 6.01. The first-order valence-electron chi connectivity index (χ1n) is 5.41. The van der Waals surface area contributed by atoms with Crippen LogP contribution in [0.1, 0.15) is 24.3 Å². The summed E-state index contributed by atoms with van der Waals surface area (Å²) in [4.78, 5) is 0. The Kier molecular flexibility index (Phi) is 3.86. The molecule has 17 heavy (non-hydrogen) atoms. The monoisotopic (exact) mass is 295 g/mol. The first kappa shape index (κ1) is 12.2. The maximum absolute atomic E-state index is 9.83. The van der Waals surface area contributed by atoms with Crippen molar-refractivity contribution < 1.29 is 9.52 Å². The predicted octanol–water partition coefficient (Wildman–Crippen LogP) is 3.60. The van der Waals surface area contributed by atoms with Gasteiger partial charge in [0.25, 0.3) is 0 Å². The molecule has 0 fully saturated rings. The number of rotatable bonds is 4. The summed E-state index contributed by atoms with van der Waals surface area (Å²) in [5, 5.41) is 13.1. The molecule has 0 saturated heterocycles. The van der Waals surface area contributed by atoms with Gasteiger partial charge in [0.15, 0.2) is 0 Å². The van der Waals surface area contributed by atoms with Gasteiger partial charge in [0.2, 0.25) is 0 Å². The Morgan fingerprint density at radius 1 is 1.35 bits per heavy atom. The molecule has 3 nitrogen and oxygen atoms in total. The van der Waals surface area contributed by atoms with Gasteiger partial charge in [-0.2, -0.15) is 0 Å². The van der Waals surface area contributed by atoms with Crippen LogP contribution in [0.5, 0.6) is 5.75 Å². The maximum atomic E-state index is 9.83. The van der Waals surface area contributed by atoms with E-state index in [2.05, 4.69) is 21.2 Å². The lowest BCUT2D eigenvalue weighted by Gasteiger charge is -2.12. The number of phenols is 1. The summed E-state index contributed by atoms with van der Waals surface area (Å²) in [5.41, 5.74) is 0.859. The third-order valence-corrected chi connectivity index (χ3v) is 3.28. The fourth-order valence-corrected chi connectivity index (χ4v) is 2.01. The van der Waals surface area contributed by atoms with Crippen molar-refractivity contribution in [3.8, 4) is 5.75 Å². The number of furan rings is 1. The summed E-state index contributed by atoms with van der Waals surface area (Å²) in [7, 11) is 0. The largest absolute Gasteiger partial charge is 0.506 e. The highest BCUT2D eigenvalue weighted by Crippen LogP contribution is 2.27. The summed E-state index contributed by atoms with van der Waals surface area (Å²) in [6.45, 7) is 2.61. The molecule has 90 valence electrons. The second-order valence-electron chi connectivity index (χ2n) is 3.87. The molecule has 0 amide bonds. The molecule has 1 heterocycles. The van der Waals surface area contributed by atoms with Crippen LogP contribution in [0.15, 0.2) is 45.5 Å². The summed E-state index contributed by atoms with van der Waals surface area (Å²) in [6, 6.07) is 9.51. The Labute approximate surface area is 109 Å². The van der Waals surface area contributed by atoms with Gasteiger partial charge in [0.05, 0.1) is 16.8 Å². The van der Waals surface area contributed by atoms with Gasteiger partial charge in [0, 0.05) is 12.1 Å². The summed E-state index contributed by atoms with van der Waals surface area (Å²) in [6.07, 6.45) is 1.66. The van der Waals surface area contributed by atoms with Gasteiger partial charge in [-0.3, -0.25) is 0 Å². The van der Waals surface area contributed by atoms with Crippen molar-refractivity contribution >= 4 is 15.9 Å². The average molecular weight is 296 g/mol. The zero-order valence-electron chi connectivity index (χ0n) is 9.48. The fourth-order valence-electron chi connectivity index (χ4n) is 1.60. The van der Waals surface area contributed by atoms with Crippen LogP contribution in [0, 0.1) is 0 Å². The standard InChI is InChI=1S/C13H14BrNO2/c1-9(12-6-3-7-17-12)15-8-10-4-2-5-11(14)13(10)16/h2-7,9,15-16H,8H2,1H3/t9-/m0/s1. The summed E-state index contributed by atoms with van der Waals surface area (Å²) in [5.74, 6) is 1.17. The minimum atomic E-state index is 0.114. The second kappa shape index (κ2) is 5.38. The first-order chi connectivity index (χ1) is 8.18. The normalized spacial score (nSPS) is 12.6. The molecule has 0 spiro atoms. The van der Waals surface area contributed by atoms with Crippen molar-refractivity contribution in [3.05, 3.63) is 52.4 Å². The van der Waals surface area contributed by atoms with Crippen LogP contribution >= 0.6 is 15.9 Å². The highest BCUT2D eigenvalue weighted by atomic mass is 79.9. The van der Waals surface area contributed by atoms with Gasteiger partial charge in [-0.05, 0) is 41.1 Å². The van der Waals surface area contributed by atoms with E-state index < -0.39 is 0 Å². The van der Waals surface area contributed by atoms with Crippen molar-refractivity contribution in [2.75, 3.05) is 0 Å². The smallest absolute Gasteiger partial charge is 0.134 e. The van der Waals surface area contributed by atoms with Crippen LogP contribution in [0.3, 0.4) is 0 Å². The molecular formula is C13H14BrNO2. The summed E-state index contributed by atoms with van der Waals surface area (Å²) >= 11 is 3.30. The molecule has 0 radical (unpaired) electrons.